The lowest BCUT2D eigenvalue weighted by Gasteiger charge is -2.16. The van der Waals surface area contributed by atoms with Crippen molar-refractivity contribution in [1.29, 1.82) is 0 Å². The van der Waals surface area contributed by atoms with Crippen LogP contribution >= 0.6 is 0 Å². The molecule has 1 aromatic rings. The number of rotatable bonds is 5. The lowest BCUT2D eigenvalue weighted by molar-refractivity contribution is -0.139. The third-order valence-electron chi connectivity index (χ3n) is 3.33. The van der Waals surface area contributed by atoms with E-state index in [-0.39, 0.29) is 18.2 Å². The maximum Gasteiger partial charge on any atom is 0.252 e. The number of nitrogens with one attached hydrogen (secondary N) is 1. The number of hydrogen-bond donors (Lipinski definition) is 1. The first-order valence-electron chi connectivity index (χ1n) is 6.69. The Balaban J connectivity index is 2.07. The van der Waals surface area contributed by atoms with Gasteiger partial charge in [0.25, 0.3) is 5.91 Å². The summed E-state index contributed by atoms with van der Waals surface area (Å²) < 4.78 is 4.92. The second-order valence-corrected chi connectivity index (χ2v) is 5.15. The maximum atomic E-state index is 12.2. The summed E-state index contributed by atoms with van der Waals surface area (Å²) in [6, 6.07) is 5.54. The van der Waals surface area contributed by atoms with Crippen molar-refractivity contribution in [1.82, 2.24) is 4.90 Å². The van der Waals surface area contributed by atoms with Crippen molar-refractivity contribution in [3.63, 3.8) is 0 Å². The van der Waals surface area contributed by atoms with Gasteiger partial charge in [0.05, 0.1) is 19.6 Å². The molecule has 1 N–H and O–H groups in total. The molecule has 5 heteroatoms. The molecule has 0 unspecified atom stereocenters. The molecule has 1 aliphatic rings. The van der Waals surface area contributed by atoms with Gasteiger partial charge in [-0.25, -0.2) is 0 Å². The first-order valence-corrected chi connectivity index (χ1v) is 6.69. The van der Waals surface area contributed by atoms with Crippen LogP contribution in [0.2, 0.25) is 0 Å². The quantitative estimate of drug-likeness (QED) is 0.828. The van der Waals surface area contributed by atoms with Gasteiger partial charge in [-0.15, -0.1) is 0 Å². The number of amides is 2. The van der Waals surface area contributed by atoms with Crippen LogP contribution in [0, 0.1) is 13.8 Å². The molecule has 1 heterocycles. The summed E-state index contributed by atoms with van der Waals surface area (Å²) in [5.41, 5.74) is 3.13. The zero-order valence-corrected chi connectivity index (χ0v) is 12.1. The summed E-state index contributed by atoms with van der Waals surface area (Å²) in [5, 5.41) is 3.16. The number of nitrogens with zero attached hydrogens (tertiary/aromatic N) is 1. The van der Waals surface area contributed by atoms with Gasteiger partial charge in [-0.1, -0.05) is 6.07 Å². The van der Waals surface area contributed by atoms with Gasteiger partial charge >= 0.3 is 0 Å². The number of aryl methyl sites for hydroxylation is 2. The molecule has 1 aliphatic heterocycles. The van der Waals surface area contributed by atoms with E-state index in [4.69, 9.17) is 4.74 Å². The van der Waals surface area contributed by atoms with Crippen LogP contribution in [0.25, 0.3) is 0 Å². The third kappa shape index (κ3) is 3.17. The van der Waals surface area contributed by atoms with Gasteiger partial charge in [-0.3, -0.25) is 14.5 Å². The normalized spacial score (nSPS) is 18.8. The zero-order valence-electron chi connectivity index (χ0n) is 12.1. The van der Waals surface area contributed by atoms with Crippen molar-refractivity contribution in [3.05, 3.63) is 29.3 Å². The average Bonchev–Trinajstić information content (AvgIpc) is 2.61. The van der Waals surface area contributed by atoms with Gasteiger partial charge in [-0.2, -0.15) is 0 Å². The predicted molar refractivity (Wildman–Crippen MR) is 76.5 cm³/mol. The Morgan fingerprint density at radius 3 is 2.50 bits per heavy atom. The SMILES string of the molecule is COCCN1C(=O)C[C@H](Nc2cc(C)cc(C)c2)C1=O. The van der Waals surface area contributed by atoms with Crippen molar-refractivity contribution in [2.24, 2.45) is 0 Å². The van der Waals surface area contributed by atoms with Crippen LogP contribution in [0.4, 0.5) is 5.69 Å². The minimum absolute atomic E-state index is 0.145. The first-order chi connectivity index (χ1) is 9.51. The number of carbonyl (C=O) groups is 2. The van der Waals surface area contributed by atoms with Crippen molar-refractivity contribution >= 4 is 17.5 Å². The Morgan fingerprint density at radius 2 is 1.90 bits per heavy atom. The van der Waals surface area contributed by atoms with E-state index < -0.39 is 6.04 Å². The standard InChI is InChI=1S/C15H20N2O3/c1-10-6-11(2)8-12(7-10)16-13-9-14(18)17(15(13)19)4-5-20-3/h6-8,13,16H,4-5,9H2,1-3H3/t13-/m0/s1. The van der Waals surface area contributed by atoms with Crippen molar-refractivity contribution < 1.29 is 14.3 Å². The van der Waals surface area contributed by atoms with E-state index in [0.29, 0.717) is 13.2 Å². The number of likely N-dealkylation sites (tertiary alicyclic amines) is 1. The van der Waals surface area contributed by atoms with Gasteiger partial charge in [-0.05, 0) is 37.1 Å². The number of hydrogen-bond acceptors (Lipinski definition) is 4. The molecule has 0 aliphatic carbocycles. The molecular weight excluding hydrogens is 256 g/mol. The molecule has 1 saturated heterocycles. The number of benzene rings is 1. The van der Waals surface area contributed by atoms with E-state index in [1.807, 2.05) is 26.0 Å². The second kappa shape index (κ2) is 6.05. The highest BCUT2D eigenvalue weighted by Gasteiger charge is 2.38. The van der Waals surface area contributed by atoms with Gasteiger partial charge in [0.2, 0.25) is 5.91 Å². The smallest absolute Gasteiger partial charge is 0.252 e. The Bertz CT molecular complexity index is 508. The summed E-state index contributed by atoms with van der Waals surface area (Å²) in [4.78, 5) is 25.3. The van der Waals surface area contributed by atoms with Gasteiger partial charge < -0.3 is 10.1 Å². The molecule has 1 atom stereocenters. The Labute approximate surface area is 118 Å². The molecule has 5 nitrogen and oxygen atoms in total. The van der Waals surface area contributed by atoms with Crippen molar-refractivity contribution in [2.75, 3.05) is 25.6 Å². The Morgan fingerprint density at radius 1 is 1.25 bits per heavy atom. The molecule has 2 rings (SSSR count). The van der Waals surface area contributed by atoms with Crippen LogP contribution in [-0.4, -0.2) is 43.0 Å². The summed E-state index contributed by atoms with van der Waals surface area (Å²) in [5.74, 6) is -0.319. The van der Waals surface area contributed by atoms with E-state index in [1.165, 1.54) is 4.90 Å². The van der Waals surface area contributed by atoms with Crippen LogP contribution in [0.3, 0.4) is 0 Å². The fraction of sp³-hybridized carbons (Fsp3) is 0.467. The summed E-state index contributed by atoms with van der Waals surface area (Å²) in [6.07, 6.45) is 0.204. The van der Waals surface area contributed by atoms with E-state index in [0.717, 1.165) is 16.8 Å². The molecule has 0 spiro atoms. The number of methoxy groups -OCH3 is 1. The molecule has 1 aromatic carbocycles. The number of ether oxygens (including phenoxy) is 1. The summed E-state index contributed by atoms with van der Waals surface area (Å²) in [7, 11) is 1.55. The van der Waals surface area contributed by atoms with Gasteiger partial charge in [0.15, 0.2) is 0 Å². The van der Waals surface area contributed by atoms with Gasteiger partial charge in [0.1, 0.15) is 6.04 Å². The predicted octanol–water partition coefficient (Wildman–Crippen LogP) is 1.49. The fourth-order valence-electron chi connectivity index (χ4n) is 2.47. The second-order valence-electron chi connectivity index (χ2n) is 5.15. The summed E-state index contributed by atoms with van der Waals surface area (Å²) in [6.45, 7) is 4.70. The fourth-order valence-corrected chi connectivity index (χ4v) is 2.47. The Hall–Kier alpha value is -1.88. The zero-order chi connectivity index (χ0) is 14.7. The molecule has 2 amide bonds. The van der Waals surface area contributed by atoms with Crippen LogP contribution in [0.15, 0.2) is 18.2 Å². The van der Waals surface area contributed by atoms with Crippen LogP contribution in [0.1, 0.15) is 17.5 Å². The van der Waals surface area contributed by atoms with Crippen LogP contribution in [-0.2, 0) is 14.3 Å². The molecule has 20 heavy (non-hydrogen) atoms. The minimum Gasteiger partial charge on any atom is -0.383 e. The molecular formula is C15H20N2O3. The molecule has 0 saturated carbocycles. The highest BCUT2D eigenvalue weighted by molar-refractivity contribution is 6.06. The summed E-state index contributed by atoms with van der Waals surface area (Å²) >= 11 is 0. The highest BCUT2D eigenvalue weighted by atomic mass is 16.5. The number of anilines is 1. The number of imide groups is 1. The molecule has 0 radical (unpaired) electrons. The topological polar surface area (TPSA) is 58.6 Å². The van der Waals surface area contributed by atoms with Crippen molar-refractivity contribution in [2.45, 2.75) is 26.3 Å². The first kappa shape index (κ1) is 14.5. The monoisotopic (exact) mass is 276 g/mol. The average molecular weight is 276 g/mol. The molecule has 0 bridgehead atoms. The largest absolute Gasteiger partial charge is 0.383 e. The van der Waals surface area contributed by atoms with E-state index in [9.17, 15) is 9.59 Å². The van der Waals surface area contributed by atoms with E-state index in [2.05, 4.69) is 11.4 Å². The van der Waals surface area contributed by atoms with Gasteiger partial charge in [0, 0.05) is 12.8 Å². The third-order valence-corrected chi connectivity index (χ3v) is 3.33. The lowest BCUT2D eigenvalue weighted by atomic mass is 10.1. The molecule has 1 fully saturated rings. The van der Waals surface area contributed by atoms with Crippen LogP contribution in [0.5, 0.6) is 0 Å². The van der Waals surface area contributed by atoms with Crippen LogP contribution < -0.4 is 5.32 Å². The Kier molecular flexibility index (Phi) is 4.39. The maximum absolute atomic E-state index is 12.2. The van der Waals surface area contributed by atoms with E-state index >= 15 is 0 Å². The number of carbonyl (C=O) groups excluding carboxylic acids is 2. The molecule has 108 valence electrons. The lowest BCUT2D eigenvalue weighted by Crippen LogP contribution is -2.36. The van der Waals surface area contributed by atoms with Crippen molar-refractivity contribution in [3.8, 4) is 0 Å². The highest BCUT2D eigenvalue weighted by Crippen LogP contribution is 2.20. The van der Waals surface area contributed by atoms with E-state index in [1.54, 1.807) is 7.11 Å². The minimum atomic E-state index is -0.472. The molecule has 0 aromatic heterocycles.